The summed E-state index contributed by atoms with van der Waals surface area (Å²) in [5.41, 5.74) is 3.33. The number of carbonyl (C=O) groups excluding carboxylic acids is 1. The quantitative estimate of drug-likeness (QED) is 0.563. The number of nitro benzene ring substituents is 1. The Morgan fingerprint density at radius 3 is 2.21 bits per heavy atom. The number of hydrogen-bond acceptors (Lipinski definition) is 4. The molecule has 2 aromatic carbocycles. The maximum Gasteiger partial charge on any atom is 0.292 e. The fraction of sp³-hybridized carbons (Fsp3) is 0.435. The standard InChI is InChI=1S/C23H29N3O3/c1-23(2,3)19-11-8-18(9-12-19)10-13-22(27)25-16-14-24(15-17-25)20-6-4-5-7-21(20)26(28)29/h4-9,11-12H,10,13-17H2,1-3H3. The summed E-state index contributed by atoms with van der Waals surface area (Å²) in [4.78, 5) is 27.4. The first-order chi connectivity index (χ1) is 13.8. The normalized spacial score (nSPS) is 14.7. The summed E-state index contributed by atoms with van der Waals surface area (Å²) in [6.45, 7) is 8.97. The van der Waals surface area contributed by atoms with Crippen molar-refractivity contribution in [3.8, 4) is 0 Å². The molecule has 29 heavy (non-hydrogen) atoms. The molecule has 1 saturated heterocycles. The number of nitrogens with zero attached hydrogens (tertiary/aromatic N) is 3. The van der Waals surface area contributed by atoms with Crippen LogP contribution in [0.15, 0.2) is 48.5 Å². The van der Waals surface area contributed by atoms with Gasteiger partial charge in [-0.3, -0.25) is 14.9 Å². The molecule has 3 rings (SSSR count). The van der Waals surface area contributed by atoms with Crippen LogP contribution in [0.2, 0.25) is 0 Å². The molecule has 1 aliphatic heterocycles. The van der Waals surface area contributed by atoms with Gasteiger partial charge in [0.05, 0.1) is 4.92 Å². The van der Waals surface area contributed by atoms with Gasteiger partial charge in [-0.15, -0.1) is 0 Å². The predicted molar refractivity (Wildman–Crippen MR) is 115 cm³/mol. The SMILES string of the molecule is CC(C)(C)c1ccc(CCC(=O)N2CCN(c3ccccc3[N+](=O)[O-])CC2)cc1. The van der Waals surface area contributed by atoms with Crippen LogP contribution in [0.3, 0.4) is 0 Å². The Morgan fingerprint density at radius 2 is 1.62 bits per heavy atom. The molecule has 0 atom stereocenters. The van der Waals surface area contributed by atoms with E-state index in [-0.39, 0.29) is 21.9 Å². The molecule has 1 amide bonds. The smallest absolute Gasteiger partial charge is 0.292 e. The maximum atomic E-state index is 12.6. The molecule has 0 aromatic heterocycles. The van der Waals surface area contributed by atoms with Crippen molar-refractivity contribution < 1.29 is 9.72 Å². The molecule has 0 bridgehead atoms. The lowest BCUT2D eigenvalue weighted by Crippen LogP contribution is -2.49. The second-order valence-electron chi connectivity index (χ2n) is 8.56. The molecule has 0 N–H and O–H groups in total. The monoisotopic (exact) mass is 395 g/mol. The summed E-state index contributed by atoms with van der Waals surface area (Å²) < 4.78 is 0. The molecule has 1 fully saturated rings. The first kappa shape index (κ1) is 20.8. The molecular formula is C23H29N3O3. The molecule has 6 heteroatoms. The molecule has 0 saturated carbocycles. The summed E-state index contributed by atoms with van der Waals surface area (Å²) >= 11 is 0. The van der Waals surface area contributed by atoms with Crippen LogP contribution in [0, 0.1) is 10.1 Å². The fourth-order valence-electron chi connectivity index (χ4n) is 3.66. The number of carbonyl (C=O) groups is 1. The van der Waals surface area contributed by atoms with Crippen molar-refractivity contribution in [1.29, 1.82) is 0 Å². The van der Waals surface area contributed by atoms with Crippen molar-refractivity contribution in [1.82, 2.24) is 4.90 Å². The molecule has 6 nitrogen and oxygen atoms in total. The average Bonchev–Trinajstić information content (AvgIpc) is 2.71. The largest absolute Gasteiger partial charge is 0.362 e. The topological polar surface area (TPSA) is 66.7 Å². The van der Waals surface area contributed by atoms with E-state index in [4.69, 9.17) is 0 Å². The first-order valence-corrected chi connectivity index (χ1v) is 10.1. The molecular weight excluding hydrogens is 366 g/mol. The minimum absolute atomic E-state index is 0.117. The van der Waals surface area contributed by atoms with Crippen LogP contribution < -0.4 is 4.90 Å². The Morgan fingerprint density at radius 1 is 1.00 bits per heavy atom. The minimum Gasteiger partial charge on any atom is -0.362 e. The fourth-order valence-corrected chi connectivity index (χ4v) is 3.66. The second-order valence-corrected chi connectivity index (χ2v) is 8.56. The number of nitro groups is 1. The van der Waals surface area contributed by atoms with E-state index in [2.05, 4.69) is 45.0 Å². The van der Waals surface area contributed by atoms with Crippen LogP contribution >= 0.6 is 0 Å². The van der Waals surface area contributed by atoms with Crippen LogP contribution in [-0.2, 0) is 16.6 Å². The molecule has 2 aromatic rings. The zero-order chi connectivity index (χ0) is 21.0. The lowest BCUT2D eigenvalue weighted by Gasteiger charge is -2.35. The van der Waals surface area contributed by atoms with E-state index in [0.717, 1.165) is 6.42 Å². The van der Waals surface area contributed by atoms with Gasteiger partial charge in [0.15, 0.2) is 0 Å². The molecule has 0 radical (unpaired) electrons. The van der Waals surface area contributed by atoms with Crippen molar-refractivity contribution >= 4 is 17.3 Å². The van der Waals surface area contributed by atoms with Crippen LogP contribution in [0.4, 0.5) is 11.4 Å². The molecule has 1 heterocycles. The van der Waals surface area contributed by atoms with Gasteiger partial charge in [0.25, 0.3) is 5.69 Å². The number of aryl methyl sites for hydroxylation is 1. The number of anilines is 1. The van der Waals surface area contributed by atoms with Crippen molar-refractivity contribution in [3.63, 3.8) is 0 Å². The van der Waals surface area contributed by atoms with E-state index in [9.17, 15) is 14.9 Å². The Hall–Kier alpha value is -2.89. The Kier molecular flexibility index (Phi) is 6.20. The third kappa shape index (κ3) is 5.13. The van der Waals surface area contributed by atoms with Gasteiger partial charge in [0.1, 0.15) is 5.69 Å². The van der Waals surface area contributed by atoms with Gasteiger partial charge in [0.2, 0.25) is 5.91 Å². The number of para-hydroxylation sites is 2. The van der Waals surface area contributed by atoms with Crippen LogP contribution in [0.25, 0.3) is 0 Å². The van der Waals surface area contributed by atoms with Gasteiger partial charge in [-0.05, 0) is 29.0 Å². The Balaban J connectivity index is 1.52. The molecule has 154 valence electrons. The van der Waals surface area contributed by atoms with Crippen LogP contribution in [-0.4, -0.2) is 41.9 Å². The zero-order valence-electron chi connectivity index (χ0n) is 17.4. The van der Waals surface area contributed by atoms with E-state index >= 15 is 0 Å². The Bertz CT molecular complexity index is 864. The highest BCUT2D eigenvalue weighted by molar-refractivity contribution is 5.77. The van der Waals surface area contributed by atoms with Crippen LogP contribution in [0.1, 0.15) is 38.3 Å². The van der Waals surface area contributed by atoms with Gasteiger partial charge in [0, 0.05) is 38.7 Å². The van der Waals surface area contributed by atoms with E-state index in [1.807, 2.05) is 15.9 Å². The number of amides is 1. The summed E-state index contributed by atoms with van der Waals surface area (Å²) in [5.74, 6) is 0.145. The second kappa shape index (κ2) is 8.64. The summed E-state index contributed by atoms with van der Waals surface area (Å²) in [6, 6.07) is 15.3. The number of rotatable bonds is 5. The van der Waals surface area contributed by atoms with E-state index in [1.165, 1.54) is 17.2 Å². The maximum absolute atomic E-state index is 12.6. The molecule has 0 unspecified atom stereocenters. The number of hydrogen-bond donors (Lipinski definition) is 0. The van der Waals surface area contributed by atoms with Gasteiger partial charge in [-0.1, -0.05) is 57.2 Å². The van der Waals surface area contributed by atoms with Crippen molar-refractivity contribution in [2.75, 3.05) is 31.1 Å². The minimum atomic E-state index is -0.349. The third-order valence-corrected chi connectivity index (χ3v) is 5.50. The van der Waals surface area contributed by atoms with Crippen molar-refractivity contribution in [2.45, 2.75) is 39.0 Å². The van der Waals surface area contributed by atoms with E-state index < -0.39 is 0 Å². The highest BCUT2D eigenvalue weighted by atomic mass is 16.6. The van der Waals surface area contributed by atoms with Crippen molar-refractivity contribution in [2.24, 2.45) is 0 Å². The molecule has 1 aliphatic rings. The summed E-state index contributed by atoms with van der Waals surface area (Å²) in [7, 11) is 0. The molecule has 0 aliphatic carbocycles. The summed E-state index contributed by atoms with van der Waals surface area (Å²) in [5, 5.41) is 11.2. The van der Waals surface area contributed by atoms with E-state index in [1.54, 1.807) is 12.1 Å². The third-order valence-electron chi connectivity index (χ3n) is 5.50. The Labute approximate surface area is 172 Å². The van der Waals surface area contributed by atoms with Gasteiger partial charge in [-0.25, -0.2) is 0 Å². The first-order valence-electron chi connectivity index (χ1n) is 10.1. The number of benzene rings is 2. The van der Waals surface area contributed by atoms with Crippen LogP contribution in [0.5, 0.6) is 0 Å². The van der Waals surface area contributed by atoms with E-state index in [0.29, 0.717) is 38.3 Å². The number of piperazine rings is 1. The average molecular weight is 396 g/mol. The predicted octanol–water partition coefficient (Wildman–Crippen LogP) is 4.17. The lowest BCUT2D eigenvalue weighted by atomic mass is 9.86. The highest BCUT2D eigenvalue weighted by Crippen LogP contribution is 2.28. The van der Waals surface area contributed by atoms with Gasteiger partial charge in [-0.2, -0.15) is 0 Å². The van der Waals surface area contributed by atoms with Gasteiger partial charge >= 0.3 is 0 Å². The highest BCUT2D eigenvalue weighted by Gasteiger charge is 2.25. The van der Waals surface area contributed by atoms with Gasteiger partial charge < -0.3 is 9.80 Å². The molecule has 0 spiro atoms. The summed E-state index contributed by atoms with van der Waals surface area (Å²) in [6.07, 6.45) is 1.22. The zero-order valence-corrected chi connectivity index (χ0v) is 17.4. The lowest BCUT2D eigenvalue weighted by molar-refractivity contribution is -0.384. The van der Waals surface area contributed by atoms with Crippen molar-refractivity contribution in [3.05, 3.63) is 69.8 Å².